The Balaban J connectivity index is 1.78. The molecule has 0 spiro atoms. The van der Waals surface area contributed by atoms with Gasteiger partial charge >= 0.3 is 0 Å². The van der Waals surface area contributed by atoms with Gasteiger partial charge in [0.25, 0.3) is 5.91 Å². The molecular formula is C24H30F2N6O2. The molecule has 182 valence electrons. The lowest BCUT2D eigenvalue weighted by Gasteiger charge is -2.28. The highest BCUT2D eigenvalue weighted by atomic mass is 19.2. The molecule has 1 aliphatic rings. The van der Waals surface area contributed by atoms with Crippen LogP contribution in [-0.4, -0.2) is 43.6 Å². The summed E-state index contributed by atoms with van der Waals surface area (Å²) in [5.74, 6) is -1.06. The highest BCUT2D eigenvalue weighted by Gasteiger charge is 2.35. The van der Waals surface area contributed by atoms with Gasteiger partial charge in [-0.2, -0.15) is 4.98 Å². The van der Waals surface area contributed by atoms with Gasteiger partial charge in [-0.3, -0.25) is 9.69 Å². The Morgan fingerprint density at radius 3 is 2.59 bits per heavy atom. The molecule has 0 bridgehead atoms. The first-order valence-corrected chi connectivity index (χ1v) is 11.3. The standard InChI is InChI=1S/C24H30F2N6O2/c1-13-9-10-32-18(12-31(13)6)19(28-21(32)15-7-8-16(25)17(26)11-15)22(33)29-20(24(3,4)5)23-27-14(2)30-34-23/h7-8,11,13,20H,9-10,12H2,1-6H3,(H,29,33)/t13?,20-/m1/s1. The van der Waals surface area contributed by atoms with E-state index in [9.17, 15) is 13.6 Å². The van der Waals surface area contributed by atoms with Crippen molar-refractivity contribution in [2.24, 2.45) is 5.41 Å². The summed E-state index contributed by atoms with van der Waals surface area (Å²) in [5, 5.41) is 6.88. The van der Waals surface area contributed by atoms with Crippen molar-refractivity contribution in [2.45, 2.75) is 66.2 Å². The Labute approximate surface area is 197 Å². The third-order valence-electron chi connectivity index (χ3n) is 6.32. The van der Waals surface area contributed by atoms with Crippen LogP contribution in [0, 0.1) is 24.0 Å². The maximum Gasteiger partial charge on any atom is 0.272 e. The number of aryl methyl sites for hydroxylation is 1. The number of amides is 1. The zero-order chi connectivity index (χ0) is 24.8. The molecule has 2 atom stereocenters. The first-order chi connectivity index (χ1) is 16.0. The fourth-order valence-electron chi connectivity index (χ4n) is 4.13. The number of carbonyl (C=O) groups excluding carboxylic acids is 1. The zero-order valence-corrected chi connectivity index (χ0v) is 20.3. The summed E-state index contributed by atoms with van der Waals surface area (Å²) >= 11 is 0. The van der Waals surface area contributed by atoms with Gasteiger partial charge in [0.2, 0.25) is 5.89 Å². The molecule has 0 saturated carbocycles. The lowest BCUT2D eigenvalue weighted by atomic mass is 9.86. The highest BCUT2D eigenvalue weighted by Crippen LogP contribution is 2.33. The van der Waals surface area contributed by atoms with Gasteiger partial charge in [-0.25, -0.2) is 13.8 Å². The Morgan fingerprint density at radius 2 is 1.97 bits per heavy atom. The fraction of sp³-hybridized carbons (Fsp3) is 0.500. The molecule has 4 rings (SSSR count). The van der Waals surface area contributed by atoms with Crippen molar-refractivity contribution in [3.05, 3.63) is 52.9 Å². The smallest absolute Gasteiger partial charge is 0.272 e. The van der Waals surface area contributed by atoms with Crippen molar-refractivity contribution in [3.8, 4) is 11.4 Å². The second-order valence-electron chi connectivity index (χ2n) is 10.0. The van der Waals surface area contributed by atoms with Gasteiger partial charge in [0.05, 0.1) is 5.69 Å². The molecule has 1 N–H and O–H groups in total. The summed E-state index contributed by atoms with van der Waals surface area (Å²) in [6, 6.07) is 3.40. The number of fused-ring (bicyclic) bond motifs is 1. The molecule has 1 amide bonds. The van der Waals surface area contributed by atoms with Crippen molar-refractivity contribution >= 4 is 5.91 Å². The van der Waals surface area contributed by atoms with Crippen molar-refractivity contribution < 1.29 is 18.1 Å². The van der Waals surface area contributed by atoms with E-state index in [0.29, 0.717) is 36.2 Å². The summed E-state index contributed by atoms with van der Waals surface area (Å²) < 4.78 is 34.9. The Bertz CT molecular complexity index is 1210. The minimum absolute atomic E-state index is 0.242. The molecule has 1 aliphatic heterocycles. The van der Waals surface area contributed by atoms with Crippen LogP contribution < -0.4 is 5.32 Å². The van der Waals surface area contributed by atoms with Crippen LogP contribution in [0.2, 0.25) is 0 Å². The van der Waals surface area contributed by atoms with Gasteiger partial charge in [-0.1, -0.05) is 25.9 Å². The fourth-order valence-corrected chi connectivity index (χ4v) is 4.13. The number of nitrogens with zero attached hydrogens (tertiary/aromatic N) is 5. The van der Waals surface area contributed by atoms with E-state index in [0.717, 1.165) is 24.2 Å². The number of rotatable bonds is 4. The summed E-state index contributed by atoms with van der Waals surface area (Å²) in [6.07, 6.45) is 0.823. The van der Waals surface area contributed by atoms with Crippen molar-refractivity contribution in [3.63, 3.8) is 0 Å². The van der Waals surface area contributed by atoms with E-state index in [2.05, 4.69) is 32.3 Å². The molecule has 1 aromatic carbocycles. The molecular weight excluding hydrogens is 442 g/mol. The normalized spacial score (nSPS) is 17.8. The van der Waals surface area contributed by atoms with Crippen molar-refractivity contribution in [2.75, 3.05) is 7.05 Å². The monoisotopic (exact) mass is 472 g/mol. The molecule has 3 aromatic rings. The maximum atomic E-state index is 14.0. The largest absolute Gasteiger partial charge is 0.338 e. The minimum atomic E-state index is -0.959. The molecule has 0 radical (unpaired) electrons. The summed E-state index contributed by atoms with van der Waals surface area (Å²) in [4.78, 5) is 24.7. The van der Waals surface area contributed by atoms with Crippen LogP contribution in [0.25, 0.3) is 11.4 Å². The van der Waals surface area contributed by atoms with Crippen LogP contribution in [0.1, 0.15) is 68.1 Å². The van der Waals surface area contributed by atoms with E-state index >= 15 is 0 Å². The third-order valence-corrected chi connectivity index (χ3v) is 6.32. The minimum Gasteiger partial charge on any atom is -0.338 e. The van der Waals surface area contributed by atoms with E-state index in [1.807, 2.05) is 32.4 Å². The summed E-state index contributed by atoms with van der Waals surface area (Å²) in [6.45, 7) is 10.8. The Hall–Kier alpha value is -3.14. The van der Waals surface area contributed by atoms with Crippen LogP contribution in [0.4, 0.5) is 8.78 Å². The zero-order valence-electron chi connectivity index (χ0n) is 20.3. The first kappa shape index (κ1) is 24.0. The average Bonchev–Trinajstić information content (AvgIpc) is 3.31. The number of imidazole rings is 1. The molecule has 0 saturated heterocycles. The van der Waals surface area contributed by atoms with Gasteiger partial charge in [0.1, 0.15) is 11.9 Å². The summed E-state index contributed by atoms with van der Waals surface area (Å²) in [7, 11) is 1.99. The van der Waals surface area contributed by atoms with E-state index in [-0.39, 0.29) is 11.7 Å². The number of nitrogens with one attached hydrogen (secondary N) is 1. The van der Waals surface area contributed by atoms with Gasteiger partial charge in [0.15, 0.2) is 23.2 Å². The second kappa shape index (κ2) is 8.90. The number of aromatic nitrogens is 4. The SMILES string of the molecule is Cc1noc([C@@H](NC(=O)c2nc(-c3ccc(F)c(F)c3)n3c2CN(C)C(C)CC3)C(C)(C)C)n1. The second-order valence-corrected chi connectivity index (χ2v) is 10.0. The molecule has 0 aliphatic carbocycles. The lowest BCUT2D eigenvalue weighted by molar-refractivity contribution is 0.0873. The Morgan fingerprint density at radius 1 is 1.24 bits per heavy atom. The molecule has 34 heavy (non-hydrogen) atoms. The topological polar surface area (TPSA) is 89.1 Å². The summed E-state index contributed by atoms with van der Waals surface area (Å²) in [5.41, 5.74) is 0.959. The molecule has 1 unspecified atom stereocenters. The van der Waals surface area contributed by atoms with Crippen molar-refractivity contribution in [1.82, 2.24) is 29.9 Å². The lowest BCUT2D eigenvalue weighted by Crippen LogP contribution is -2.38. The van der Waals surface area contributed by atoms with Crippen LogP contribution in [0.15, 0.2) is 22.7 Å². The Kier molecular flexibility index (Phi) is 6.28. The molecule has 8 nitrogen and oxygen atoms in total. The van der Waals surface area contributed by atoms with Crippen LogP contribution >= 0.6 is 0 Å². The molecule has 3 heterocycles. The number of benzene rings is 1. The molecule has 2 aromatic heterocycles. The van der Waals surface area contributed by atoms with Gasteiger partial charge < -0.3 is 14.4 Å². The van der Waals surface area contributed by atoms with E-state index in [1.54, 1.807) is 6.92 Å². The number of hydrogen-bond acceptors (Lipinski definition) is 6. The molecule has 10 heteroatoms. The van der Waals surface area contributed by atoms with Gasteiger partial charge in [-0.05, 0) is 50.9 Å². The van der Waals surface area contributed by atoms with Crippen LogP contribution in [0.5, 0.6) is 0 Å². The number of carbonyl (C=O) groups is 1. The van der Waals surface area contributed by atoms with Crippen molar-refractivity contribution in [1.29, 1.82) is 0 Å². The average molecular weight is 473 g/mol. The van der Waals surface area contributed by atoms with E-state index in [4.69, 9.17) is 4.52 Å². The van der Waals surface area contributed by atoms with Crippen LogP contribution in [0.3, 0.4) is 0 Å². The van der Waals surface area contributed by atoms with Gasteiger partial charge in [0, 0.05) is 24.7 Å². The molecule has 0 fully saturated rings. The predicted octanol–water partition coefficient (Wildman–Crippen LogP) is 4.26. The predicted molar refractivity (Wildman–Crippen MR) is 122 cm³/mol. The maximum absolute atomic E-state index is 14.0. The van der Waals surface area contributed by atoms with E-state index in [1.165, 1.54) is 6.07 Å². The first-order valence-electron chi connectivity index (χ1n) is 11.3. The van der Waals surface area contributed by atoms with E-state index < -0.39 is 29.0 Å². The third kappa shape index (κ3) is 4.59. The number of hydrogen-bond donors (Lipinski definition) is 1. The van der Waals surface area contributed by atoms with Gasteiger partial charge in [-0.15, -0.1) is 0 Å². The van der Waals surface area contributed by atoms with Crippen LogP contribution in [-0.2, 0) is 13.1 Å². The quantitative estimate of drug-likeness (QED) is 0.610. The number of halogens is 2. The highest BCUT2D eigenvalue weighted by molar-refractivity contribution is 5.94.